The number of carbonyl (C=O) groups is 1. The van der Waals surface area contributed by atoms with Gasteiger partial charge in [-0.05, 0) is 84.9 Å². The lowest BCUT2D eigenvalue weighted by atomic mass is 10.1. The zero-order valence-corrected chi connectivity index (χ0v) is 28.1. The van der Waals surface area contributed by atoms with Crippen molar-refractivity contribution in [2.45, 2.75) is 123 Å². The van der Waals surface area contributed by atoms with Gasteiger partial charge in [-0.3, -0.25) is 4.79 Å². The second-order valence-electron chi connectivity index (χ2n) is 11.6. The van der Waals surface area contributed by atoms with Crippen molar-refractivity contribution in [3.8, 4) is 5.88 Å². The summed E-state index contributed by atoms with van der Waals surface area (Å²) in [6.07, 6.45) is 1.76. The number of aromatic nitrogens is 2. The van der Waals surface area contributed by atoms with Gasteiger partial charge >= 0.3 is 5.97 Å². The summed E-state index contributed by atoms with van der Waals surface area (Å²) in [6, 6.07) is 12.1. The highest BCUT2D eigenvalue weighted by Gasteiger charge is 2.35. The maximum atomic E-state index is 11.1. The highest BCUT2D eigenvalue weighted by molar-refractivity contribution is 8.00. The molecule has 1 aliphatic carbocycles. The molecule has 0 spiro atoms. The summed E-state index contributed by atoms with van der Waals surface area (Å²) in [5.74, 6) is 1.25. The van der Waals surface area contributed by atoms with E-state index in [1.807, 2.05) is 86.6 Å². The fourth-order valence-corrected chi connectivity index (χ4v) is 6.45. The summed E-state index contributed by atoms with van der Waals surface area (Å²) in [5, 5.41) is 2.00. The Morgan fingerprint density at radius 3 is 2.00 bits per heavy atom. The molecule has 2 aromatic heterocycles. The molecular formula is C32H53N3O5S3. The molecule has 1 aromatic carbocycles. The zero-order valence-electron chi connectivity index (χ0n) is 25.6. The Hall–Kier alpha value is -2.21. The van der Waals surface area contributed by atoms with Crippen LogP contribution in [0.25, 0.3) is 11.0 Å². The average Bonchev–Trinajstić information content (AvgIpc) is 3.59. The molecule has 0 unspecified atom stereocenters. The molecule has 11 heteroatoms. The van der Waals surface area contributed by atoms with Gasteiger partial charge in [0.15, 0.2) is 0 Å². The monoisotopic (exact) mass is 655 g/mol. The number of thioether (sulfide) groups is 1. The Kier molecular flexibility index (Phi) is 17.6. The number of nitrogens with one attached hydrogen (secondary N) is 1. The second kappa shape index (κ2) is 18.6. The molecule has 1 fully saturated rings. The third kappa shape index (κ3) is 15.9. The van der Waals surface area contributed by atoms with Crippen LogP contribution >= 0.6 is 23.1 Å². The SMILES string of the molecule is C.C.CC(C)C(=O)OC(C)(C)C.CC(C)NS(=O)(=O)C1CC1.CC(C)Oc1nc2ccccc2nc1CSc1cccs1. The van der Waals surface area contributed by atoms with Gasteiger partial charge in [0.05, 0.1) is 32.5 Å². The minimum atomic E-state index is -2.94. The third-order valence-corrected chi connectivity index (χ3v) is 9.33. The fraction of sp³-hybridized carbons (Fsp3) is 0.594. The molecule has 8 nitrogen and oxygen atoms in total. The summed E-state index contributed by atoms with van der Waals surface area (Å²) in [7, 11) is -2.94. The molecule has 0 saturated heterocycles. The average molecular weight is 656 g/mol. The van der Waals surface area contributed by atoms with Crippen molar-refractivity contribution in [2.75, 3.05) is 0 Å². The number of benzene rings is 1. The number of esters is 1. The number of fused-ring (bicyclic) bond motifs is 1. The Morgan fingerprint density at radius 2 is 1.58 bits per heavy atom. The Balaban J connectivity index is 0.000000681. The molecule has 0 amide bonds. The minimum absolute atomic E-state index is 0. The molecule has 3 aromatic rings. The fourth-order valence-electron chi connectivity index (χ4n) is 3.14. The molecule has 0 aliphatic heterocycles. The van der Waals surface area contributed by atoms with Crippen LogP contribution in [0.15, 0.2) is 46.0 Å². The lowest BCUT2D eigenvalue weighted by molar-refractivity contribution is -0.158. The van der Waals surface area contributed by atoms with E-state index in [9.17, 15) is 13.2 Å². The van der Waals surface area contributed by atoms with Crippen LogP contribution < -0.4 is 9.46 Å². The topological polar surface area (TPSA) is 107 Å². The van der Waals surface area contributed by atoms with Crippen LogP contribution in [-0.4, -0.2) is 47.4 Å². The number of para-hydroxylation sites is 2. The van der Waals surface area contributed by atoms with Gasteiger partial charge in [0.25, 0.3) is 0 Å². The van der Waals surface area contributed by atoms with Crippen molar-refractivity contribution in [2.24, 2.45) is 5.92 Å². The van der Waals surface area contributed by atoms with Gasteiger partial charge in [-0.25, -0.2) is 23.1 Å². The Bertz CT molecular complexity index is 1330. The number of hydrogen-bond donors (Lipinski definition) is 1. The number of sulfonamides is 1. The molecule has 244 valence electrons. The molecular weight excluding hydrogens is 603 g/mol. The molecule has 1 aliphatic rings. The Morgan fingerprint density at radius 1 is 1.00 bits per heavy atom. The second-order valence-corrected chi connectivity index (χ2v) is 15.8. The lowest BCUT2D eigenvalue weighted by Gasteiger charge is -2.20. The molecule has 0 bridgehead atoms. The molecule has 0 atom stereocenters. The van der Waals surface area contributed by atoms with Crippen LogP contribution in [0.1, 0.15) is 95.7 Å². The zero-order chi connectivity index (χ0) is 30.8. The van der Waals surface area contributed by atoms with Crippen LogP contribution in [0.2, 0.25) is 0 Å². The lowest BCUT2D eigenvalue weighted by Crippen LogP contribution is -2.32. The van der Waals surface area contributed by atoms with Gasteiger partial charge in [-0.15, -0.1) is 23.1 Å². The van der Waals surface area contributed by atoms with Gasteiger partial charge in [-0.1, -0.05) is 46.9 Å². The number of ether oxygens (including phenoxy) is 2. The molecule has 0 radical (unpaired) electrons. The highest BCUT2D eigenvalue weighted by atomic mass is 32.2. The number of rotatable bonds is 9. The minimum Gasteiger partial charge on any atom is -0.474 e. The molecule has 4 rings (SSSR count). The van der Waals surface area contributed by atoms with Crippen LogP contribution in [0.5, 0.6) is 5.88 Å². The van der Waals surface area contributed by atoms with Gasteiger partial charge in [0.1, 0.15) is 11.3 Å². The number of nitrogens with zero attached hydrogens (tertiary/aromatic N) is 2. The number of thiophene rings is 1. The van der Waals surface area contributed by atoms with Gasteiger partial charge in [0.2, 0.25) is 15.9 Å². The number of hydrogen-bond acceptors (Lipinski definition) is 9. The first-order chi connectivity index (χ1) is 19.1. The van der Waals surface area contributed by atoms with E-state index in [0.29, 0.717) is 5.88 Å². The maximum Gasteiger partial charge on any atom is 0.308 e. The summed E-state index contributed by atoms with van der Waals surface area (Å²) < 4.78 is 36.9. The van der Waals surface area contributed by atoms with Gasteiger partial charge in [0, 0.05) is 11.8 Å². The predicted octanol–water partition coefficient (Wildman–Crippen LogP) is 8.50. The van der Waals surface area contributed by atoms with Gasteiger partial charge in [-0.2, -0.15) is 0 Å². The largest absolute Gasteiger partial charge is 0.474 e. The van der Waals surface area contributed by atoms with Crippen molar-refractivity contribution in [1.82, 2.24) is 14.7 Å². The van der Waals surface area contributed by atoms with Crippen molar-refractivity contribution in [3.05, 3.63) is 47.5 Å². The standard InChI is InChI=1S/C16H16N2OS2.C8H16O2.C6H13NO2S.2CH4/c1-11(2)19-16-14(10-21-15-8-5-9-20-15)17-12-6-3-4-7-13(12)18-16;1-6(2)7(9)10-8(3,4)5;1-5(2)7-10(8,9)6-3-4-6;;/h3-9,11H,10H2,1-2H3;6H,1-5H3;5-7H,3-4H2,1-2H3;2*1H4. The van der Waals surface area contributed by atoms with Crippen molar-refractivity contribution < 1.29 is 22.7 Å². The van der Waals surface area contributed by atoms with E-state index >= 15 is 0 Å². The van der Waals surface area contributed by atoms with E-state index in [1.54, 1.807) is 23.1 Å². The highest BCUT2D eigenvalue weighted by Crippen LogP contribution is 2.30. The van der Waals surface area contributed by atoms with Crippen molar-refractivity contribution in [3.63, 3.8) is 0 Å². The normalized spacial score (nSPS) is 12.8. The van der Waals surface area contributed by atoms with Crippen molar-refractivity contribution >= 4 is 50.1 Å². The molecule has 1 N–H and O–H groups in total. The van der Waals surface area contributed by atoms with E-state index in [-0.39, 0.29) is 49.7 Å². The van der Waals surface area contributed by atoms with E-state index in [2.05, 4.69) is 27.2 Å². The van der Waals surface area contributed by atoms with Gasteiger partial charge < -0.3 is 9.47 Å². The maximum absolute atomic E-state index is 11.1. The van der Waals surface area contributed by atoms with E-state index in [1.165, 1.54) is 4.21 Å². The van der Waals surface area contributed by atoms with E-state index < -0.39 is 10.0 Å². The quantitative estimate of drug-likeness (QED) is 0.181. The smallest absolute Gasteiger partial charge is 0.308 e. The van der Waals surface area contributed by atoms with Crippen molar-refractivity contribution in [1.29, 1.82) is 0 Å². The van der Waals surface area contributed by atoms with E-state index in [4.69, 9.17) is 14.5 Å². The predicted molar refractivity (Wildman–Crippen MR) is 184 cm³/mol. The third-order valence-electron chi connectivity index (χ3n) is 5.04. The summed E-state index contributed by atoms with van der Waals surface area (Å²) in [5.41, 5.74) is 2.34. The van der Waals surface area contributed by atoms with Crippen LogP contribution in [0.3, 0.4) is 0 Å². The first-order valence-electron chi connectivity index (χ1n) is 13.9. The van der Waals surface area contributed by atoms with Crippen LogP contribution in [0.4, 0.5) is 0 Å². The van der Waals surface area contributed by atoms with Crippen LogP contribution in [-0.2, 0) is 25.3 Å². The first kappa shape index (κ1) is 40.8. The van der Waals surface area contributed by atoms with Crippen LogP contribution in [0, 0.1) is 5.92 Å². The van der Waals surface area contributed by atoms with E-state index in [0.717, 1.165) is 35.3 Å². The summed E-state index contributed by atoms with van der Waals surface area (Å²) in [6.45, 7) is 16.9. The number of carbonyl (C=O) groups excluding carboxylic acids is 1. The molecule has 2 heterocycles. The molecule has 43 heavy (non-hydrogen) atoms. The summed E-state index contributed by atoms with van der Waals surface area (Å²) in [4.78, 5) is 20.3. The summed E-state index contributed by atoms with van der Waals surface area (Å²) >= 11 is 3.51. The molecule has 1 saturated carbocycles. The first-order valence-corrected chi connectivity index (χ1v) is 17.3. The Labute approximate surface area is 268 Å².